The first-order chi connectivity index (χ1) is 14.6. The number of nitrogens with zero attached hydrogens (tertiary/aromatic N) is 2. The molecule has 1 N–H and O–H groups in total. The Balaban J connectivity index is 1.26. The fourth-order valence-corrected chi connectivity index (χ4v) is 4.06. The molecule has 2 aliphatic rings. The Kier molecular flexibility index (Phi) is 6.25. The van der Waals surface area contributed by atoms with Crippen LogP contribution in [0.2, 0.25) is 0 Å². The first-order valence-electron chi connectivity index (χ1n) is 10.6. The number of phenols is 1. The van der Waals surface area contributed by atoms with Crippen LogP contribution in [0.5, 0.6) is 11.5 Å². The summed E-state index contributed by atoms with van der Waals surface area (Å²) in [6.07, 6.45) is 2.36. The van der Waals surface area contributed by atoms with Gasteiger partial charge in [-0.2, -0.15) is 0 Å². The van der Waals surface area contributed by atoms with E-state index in [1.54, 1.807) is 31.4 Å². The molecule has 6 nitrogen and oxygen atoms in total. The van der Waals surface area contributed by atoms with Gasteiger partial charge in [-0.15, -0.1) is 0 Å². The van der Waals surface area contributed by atoms with E-state index < -0.39 is 0 Å². The molecule has 2 fully saturated rings. The number of benzene rings is 2. The second kappa shape index (κ2) is 9.06. The number of para-hydroxylation sites is 1. The average Bonchev–Trinajstić information content (AvgIpc) is 3.53. The van der Waals surface area contributed by atoms with Gasteiger partial charge in [-0.05, 0) is 42.7 Å². The lowest BCUT2D eigenvalue weighted by Gasteiger charge is -2.36. The third-order valence-electron chi connectivity index (χ3n) is 6.06. The van der Waals surface area contributed by atoms with Crippen molar-refractivity contribution in [1.82, 2.24) is 9.80 Å². The molecule has 0 atom stereocenters. The second-order valence-corrected chi connectivity index (χ2v) is 8.45. The molecule has 0 unspecified atom stereocenters. The van der Waals surface area contributed by atoms with Crippen molar-refractivity contribution in [3.05, 3.63) is 59.7 Å². The number of hydrogen-bond donors (Lipinski definition) is 1. The molecule has 0 aromatic heterocycles. The van der Waals surface area contributed by atoms with Gasteiger partial charge in [0.25, 0.3) is 5.91 Å². The van der Waals surface area contributed by atoms with Crippen LogP contribution in [-0.2, 0) is 11.3 Å². The number of ether oxygens (including phenoxy) is 2. The van der Waals surface area contributed by atoms with E-state index in [2.05, 4.69) is 4.90 Å². The second-order valence-electron chi connectivity index (χ2n) is 8.45. The van der Waals surface area contributed by atoms with Crippen molar-refractivity contribution in [2.75, 3.05) is 46.4 Å². The van der Waals surface area contributed by atoms with Crippen molar-refractivity contribution < 1.29 is 19.4 Å². The third-order valence-corrected chi connectivity index (χ3v) is 6.06. The minimum absolute atomic E-state index is 0.0496. The first-order valence-corrected chi connectivity index (χ1v) is 10.6. The van der Waals surface area contributed by atoms with Gasteiger partial charge in [0.15, 0.2) is 0 Å². The monoisotopic (exact) mass is 410 g/mol. The molecular formula is C24H30N2O4. The summed E-state index contributed by atoms with van der Waals surface area (Å²) < 4.78 is 11.3. The summed E-state index contributed by atoms with van der Waals surface area (Å²) in [6, 6.07) is 14.8. The molecule has 1 saturated heterocycles. The Bertz CT molecular complexity index is 873. The maximum Gasteiger partial charge on any atom is 0.257 e. The molecular weight excluding hydrogens is 380 g/mol. The van der Waals surface area contributed by atoms with Gasteiger partial charge in [0.2, 0.25) is 0 Å². The predicted octanol–water partition coefficient (Wildman–Crippen LogP) is 3.16. The fraction of sp³-hybridized carbons (Fsp3) is 0.458. The number of rotatable bonds is 8. The van der Waals surface area contributed by atoms with Crippen LogP contribution in [0.15, 0.2) is 48.5 Å². The molecule has 1 saturated carbocycles. The van der Waals surface area contributed by atoms with Crippen molar-refractivity contribution >= 4 is 5.91 Å². The molecule has 160 valence electrons. The van der Waals surface area contributed by atoms with E-state index in [4.69, 9.17) is 9.47 Å². The number of carbonyl (C=O) groups is 1. The van der Waals surface area contributed by atoms with Crippen molar-refractivity contribution in [2.45, 2.75) is 19.4 Å². The van der Waals surface area contributed by atoms with E-state index in [1.807, 2.05) is 29.2 Å². The lowest BCUT2D eigenvalue weighted by atomic mass is 10.1. The van der Waals surface area contributed by atoms with Gasteiger partial charge in [-0.1, -0.05) is 24.3 Å². The molecule has 4 rings (SSSR count). The maximum atomic E-state index is 12.7. The number of methoxy groups -OCH3 is 1. The summed E-state index contributed by atoms with van der Waals surface area (Å²) >= 11 is 0. The number of hydrogen-bond acceptors (Lipinski definition) is 5. The van der Waals surface area contributed by atoms with Gasteiger partial charge in [0.05, 0.1) is 18.8 Å². The third kappa shape index (κ3) is 4.94. The van der Waals surface area contributed by atoms with Crippen molar-refractivity contribution in [3.63, 3.8) is 0 Å². The van der Waals surface area contributed by atoms with E-state index in [0.717, 1.165) is 37.6 Å². The summed E-state index contributed by atoms with van der Waals surface area (Å²) in [7, 11) is 1.70. The van der Waals surface area contributed by atoms with Gasteiger partial charge < -0.3 is 19.5 Å². The van der Waals surface area contributed by atoms with Crippen molar-refractivity contribution in [2.24, 2.45) is 5.41 Å². The molecule has 1 amide bonds. The molecule has 1 aliphatic carbocycles. The minimum Gasteiger partial charge on any atom is -0.507 e. The maximum absolute atomic E-state index is 12.7. The zero-order valence-corrected chi connectivity index (χ0v) is 17.5. The number of piperazine rings is 1. The molecule has 2 aromatic rings. The quantitative estimate of drug-likeness (QED) is 0.724. The smallest absolute Gasteiger partial charge is 0.257 e. The lowest BCUT2D eigenvalue weighted by molar-refractivity contribution is 0.0584. The Morgan fingerprint density at radius 3 is 2.53 bits per heavy atom. The standard InChI is InChI=1S/C24H30N2O4/c1-29-16-19-5-4-6-20(15-19)30-18-24(9-10-24)17-25-11-13-26(14-12-25)23(28)21-7-2-3-8-22(21)27/h2-8,15,27H,9-14,16-18H2,1H3. The summed E-state index contributed by atoms with van der Waals surface area (Å²) in [5, 5.41) is 9.95. The summed E-state index contributed by atoms with van der Waals surface area (Å²) in [5.41, 5.74) is 1.72. The number of amides is 1. The SMILES string of the molecule is COCc1cccc(OCC2(CN3CCN(C(=O)c4ccccc4O)CC3)CC2)c1. The highest BCUT2D eigenvalue weighted by Crippen LogP contribution is 2.46. The lowest BCUT2D eigenvalue weighted by Crippen LogP contribution is -2.50. The van der Waals surface area contributed by atoms with Gasteiger partial charge in [-0.25, -0.2) is 0 Å². The number of aromatic hydroxyl groups is 1. The minimum atomic E-state index is -0.0897. The molecule has 0 bridgehead atoms. The molecule has 1 heterocycles. The Hall–Kier alpha value is -2.57. The van der Waals surface area contributed by atoms with Crippen LogP contribution in [0.25, 0.3) is 0 Å². The van der Waals surface area contributed by atoms with E-state index in [0.29, 0.717) is 25.3 Å². The van der Waals surface area contributed by atoms with E-state index in [-0.39, 0.29) is 17.1 Å². The van der Waals surface area contributed by atoms with Crippen molar-refractivity contribution in [3.8, 4) is 11.5 Å². The van der Waals surface area contributed by atoms with Crippen LogP contribution in [0.4, 0.5) is 0 Å². The van der Waals surface area contributed by atoms with Crippen LogP contribution in [-0.4, -0.2) is 67.3 Å². The topological polar surface area (TPSA) is 62.2 Å². The van der Waals surface area contributed by atoms with Crippen LogP contribution in [0.3, 0.4) is 0 Å². The highest BCUT2D eigenvalue weighted by Gasteiger charge is 2.45. The van der Waals surface area contributed by atoms with Crippen LogP contribution >= 0.6 is 0 Å². The van der Waals surface area contributed by atoms with E-state index in [9.17, 15) is 9.90 Å². The van der Waals surface area contributed by atoms with Crippen LogP contribution in [0.1, 0.15) is 28.8 Å². The molecule has 0 radical (unpaired) electrons. The van der Waals surface area contributed by atoms with Crippen LogP contribution in [0, 0.1) is 5.41 Å². The molecule has 6 heteroatoms. The zero-order chi connectivity index (χ0) is 21.0. The Labute approximate surface area is 178 Å². The van der Waals surface area contributed by atoms with Gasteiger partial charge in [-0.3, -0.25) is 9.69 Å². The van der Waals surface area contributed by atoms with Gasteiger partial charge >= 0.3 is 0 Å². The number of carbonyl (C=O) groups excluding carboxylic acids is 1. The van der Waals surface area contributed by atoms with Crippen molar-refractivity contribution in [1.29, 1.82) is 0 Å². The largest absolute Gasteiger partial charge is 0.507 e. The summed E-state index contributed by atoms with van der Waals surface area (Å²) in [4.78, 5) is 16.9. The fourth-order valence-electron chi connectivity index (χ4n) is 4.06. The summed E-state index contributed by atoms with van der Waals surface area (Å²) in [6.45, 7) is 5.39. The van der Waals surface area contributed by atoms with Gasteiger partial charge in [0.1, 0.15) is 11.5 Å². The van der Waals surface area contributed by atoms with E-state index in [1.165, 1.54) is 12.8 Å². The van der Waals surface area contributed by atoms with E-state index >= 15 is 0 Å². The first kappa shape index (κ1) is 20.7. The zero-order valence-electron chi connectivity index (χ0n) is 17.5. The average molecular weight is 411 g/mol. The highest BCUT2D eigenvalue weighted by molar-refractivity contribution is 5.96. The normalized spacial score (nSPS) is 18.2. The Morgan fingerprint density at radius 2 is 1.83 bits per heavy atom. The predicted molar refractivity (Wildman–Crippen MR) is 115 cm³/mol. The number of phenolic OH excluding ortho intramolecular Hbond substituents is 1. The Morgan fingerprint density at radius 1 is 1.07 bits per heavy atom. The molecule has 1 aliphatic heterocycles. The molecule has 30 heavy (non-hydrogen) atoms. The molecule has 2 aromatic carbocycles. The van der Waals surface area contributed by atoms with Gasteiger partial charge in [0, 0.05) is 45.2 Å². The summed E-state index contributed by atoms with van der Waals surface area (Å²) in [5.74, 6) is 0.857. The van der Waals surface area contributed by atoms with Crippen LogP contribution < -0.4 is 4.74 Å². The molecule has 0 spiro atoms. The highest BCUT2D eigenvalue weighted by atomic mass is 16.5.